The molecule has 5 rings (SSSR count). The second kappa shape index (κ2) is 9.11. The van der Waals surface area contributed by atoms with Gasteiger partial charge in [-0.1, -0.05) is 69.6 Å². The summed E-state index contributed by atoms with van der Waals surface area (Å²) in [6.45, 7) is 0. The van der Waals surface area contributed by atoms with E-state index in [2.05, 4.69) is 0 Å². The molecule has 0 aromatic heterocycles. The molecule has 164 valence electrons. The number of allylic oxidation sites excluding steroid dienone is 6. The van der Waals surface area contributed by atoms with E-state index in [1.165, 1.54) is 64.2 Å². The molecule has 5 atom stereocenters. The second-order valence-electron chi connectivity index (χ2n) is 9.83. The molecule has 3 nitrogen and oxygen atoms in total. The molecule has 1 saturated heterocycles. The van der Waals surface area contributed by atoms with Gasteiger partial charge in [0.2, 0.25) is 0 Å². The average Bonchev–Trinajstić information content (AvgIpc) is 2.92. The Morgan fingerprint density at radius 2 is 1.23 bits per heavy atom. The summed E-state index contributed by atoms with van der Waals surface area (Å²) in [5, 5.41) is 0.948. The van der Waals surface area contributed by atoms with Gasteiger partial charge in [0.15, 0.2) is 0 Å². The van der Waals surface area contributed by atoms with Gasteiger partial charge in [-0.05, 0) is 50.7 Å². The summed E-state index contributed by atoms with van der Waals surface area (Å²) in [5.74, 6) is 1.68. The van der Waals surface area contributed by atoms with Crippen molar-refractivity contribution in [2.24, 2.45) is 0 Å². The van der Waals surface area contributed by atoms with Crippen molar-refractivity contribution in [1.29, 1.82) is 0 Å². The molecule has 0 aromatic carbocycles. The highest BCUT2D eigenvalue weighted by molar-refractivity contribution is 7.70. The molecule has 5 aliphatic rings. The van der Waals surface area contributed by atoms with Gasteiger partial charge in [-0.15, -0.1) is 0 Å². The summed E-state index contributed by atoms with van der Waals surface area (Å²) < 4.78 is 28.8. The summed E-state index contributed by atoms with van der Waals surface area (Å²) in [6, 6.07) is 0. The SMILES string of the molecule is O=P12C3=C(\C=C/C=C\C=C3\OC3CCCCCCCC31)OC1CCCCCCCC12. The van der Waals surface area contributed by atoms with Crippen molar-refractivity contribution in [3.05, 3.63) is 47.2 Å². The molecule has 3 fully saturated rings. The Labute approximate surface area is 182 Å². The minimum absolute atomic E-state index is 0.105. The Balaban J connectivity index is 1.64. The predicted octanol–water partition coefficient (Wildman–Crippen LogP) is 7.59. The van der Waals surface area contributed by atoms with Gasteiger partial charge in [-0.25, -0.2) is 0 Å². The van der Waals surface area contributed by atoms with Crippen LogP contribution in [0.4, 0.5) is 0 Å². The molecule has 0 spiro atoms. The Morgan fingerprint density at radius 3 is 1.90 bits per heavy atom. The molecular formula is C26H37O3P. The highest BCUT2D eigenvalue weighted by Crippen LogP contribution is 2.74. The molecule has 5 unspecified atom stereocenters. The van der Waals surface area contributed by atoms with Gasteiger partial charge in [0.05, 0.1) is 16.6 Å². The van der Waals surface area contributed by atoms with E-state index in [4.69, 9.17) is 9.47 Å². The fraction of sp³-hybridized carbons (Fsp3) is 0.692. The van der Waals surface area contributed by atoms with Crippen LogP contribution in [0, 0.1) is 0 Å². The van der Waals surface area contributed by atoms with Crippen LogP contribution in [0.1, 0.15) is 89.9 Å². The summed E-state index contributed by atoms with van der Waals surface area (Å²) >= 11 is 0. The van der Waals surface area contributed by atoms with Gasteiger partial charge in [-0.2, -0.15) is 0 Å². The van der Waals surface area contributed by atoms with Crippen LogP contribution in [-0.4, -0.2) is 23.5 Å². The average molecular weight is 429 g/mol. The van der Waals surface area contributed by atoms with E-state index in [0.717, 1.165) is 42.5 Å². The number of rotatable bonds is 0. The van der Waals surface area contributed by atoms with E-state index in [1.807, 2.05) is 30.4 Å². The maximum Gasteiger partial charge on any atom is 0.136 e. The summed E-state index contributed by atoms with van der Waals surface area (Å²) in [7, 11) is -2.66. The fourth-order valence-electron chi connectivity index (χ4n) is 6.44. The normalized spacial score (nSPS) is 43.3. The first-order valence-corrected chi connectivity index (χ1v) is 14.4. The van der Waals surface area contributed by atoms with Crippen molar-refractivity contribution in [3.8, 4) is 0 Å². The molecule has 4 heteroatoms. The number of fused-ring (bicyclic) bond motifs is 4. The maximum absolute atomic E-state index is 15.5. The molecule has 0 amide bonds. The van der Waals surface area contributed by atoms with E-state index < -0.39 is 7.14 Å². The first-order valence-electron chi connectivity index (χ1n) is 12.5. The third-order valence-corrected chi connectivity index (χ3v) is 12.2. The lowest BCUT2D eigenvalue weighted by molar-refractivity contribution is 0.0715. The molecular weight excluding hydrogens is 391 g/mol. The van der Waals surface area contributed by atoms with Gasteiger partial charge >= 0.3 is 0 Å². The van der Waals surface area contributed by atoms with Crippen LogP contribution in [0.15, 0.2) is 47.2 Å². The van der Waals surface area contributed by atoms with Crippen LogP contribution in [0.25, 0.3) is 0 Å². The molecule has 2 saturated carbocycles. The largest absolute Gasteiger partial charge is 0.489 e. The van der Waals surface area contributed by atoms with Gasteiger partial charge in [0.25, 0.3) is 0 Å². The first kappa shape index (κ1) is 20.7. The fourth-order valence-corrected chi connectivity index (χ4v) is 11.1. The first-order chi connectivity index (χ1) is 14.8. The van der Waals surface area contributed by atoms with E-state index in [-0.39, 0.29) is 23.5 Å². The quantitative estimate of drug-likeness (QED) is 0.373. The third-order valence-electron chi connectivity index (χ3n) is 7.91. The third kappa shape index (κ3) is 3.77. The Kier molecular flexibility index (Phi) is 6.28. The zero-order chi connectivity index (χ0) is 20.4. The summed E-state index contributed by atoms with van der Waals surface area (Å²) in [4.78, 5) is 0. The van der Waals surface area contributed by atoms with Crippen LogP contribution in [-0.2, 0) is 14.0 Å². The lowest BCUT2D eigenvalue weighted by Crippen LogP contribution is -2.44. The van der Waals surface area contributed by atoms with E-state index in [1.54, 1.807) is 0 Å². The number of ether oxygens (including phenoxy) is 2. The number of hydrogen-bond acceptors (Lipinski definition) is 3. The van der Waals surface area contributed by atoms with Crippen LogP contribution in [0.2, 0.25) is 0 Å². The minimum atomic E-state index is -2.66. The van der Waals surface area contributed by atoms with Crippen molar-refractivity contribution >= 4 is 7.14 Å². The lowest BCUT2D eigenvalue weighted by Gasteiger charge is -2.50. The standard InChI is InChI=1S/C26H37O3P/c27-30-24-18-12-5-1-3-8-14-20(24)28-22-16-10-7-11-17-23(26(22)30)29-21-15-9-4-2-6-13-19-25(21)30/h7,10-11,16-17,20-21,24-25H,1-6,8-9,12-15,18-19H2/b10-7-,11-7?,16-10?,17-11-,22-16+,23-17?. The molecule has 0 bridgehead atoms. The Morgan fingerprint density at radius 1 is 0.667 bits per heavy atom. The molecule has 2 heterocycles. The van der Waals surface area contributed by atoms with Crippen molar-refractivity contribution in [2.45, 2.75) is 113 Å². The van der Waals surface area contributed by atoms with Crippen molar-refractivity contribution in [2.75, 3.05) is 0 Å². The predicted molar refractivity (Wildman–Crippen MR) is 123 cm³/mol. The zero-order valence-electron chi connectivity index (χ0n) is 18.3. The van der Waals surface area contributed by atoms with Crippen LogP contribution in [0.5, 0.6) is 0 Å². The molecule has 3 aliphatic carbocycles. The van der Waals surface area contributed by atoms with E-state index >= 15 is 4.57 Å². The van der Waals surface area contributed by atoms with E-state index in [9.17, 15) is 0 Å². The topological polar surface area (TPSA) is 35.5 Å². The smallest absolute Gasteiger partial charge is 0.136 e. The van der Waals surface area contributed by atoms with Crippen LogP contribution < -0.4 is 0 Å². The van der Waals surface area contributed by atoms with Gasteiger partial charge in [-0.3, -0.25) is 0 Å². The molecule has 2 aliphatic heterocycles. The van der Waals surface area contributed by atoms with Crippen molar-refractivity contribution in [1.82, 2.24) is 0 Å². The van der Waals surface area contributed by atoms with Gasteiger partial charge in [0.1, 0.15) is 30.9 Å². The van der Waals surface area contributed by atoms with Crippen LogP contribution in [0.3, 0.4) is 0 Å². The molecule has 0 aromatic rings. The van der Waals surface area contributed by atoms with Gasteiger partial charge in [0, 0.05) is 0 Å². The Hall–Kier alpha value is -1.21. The second-order valence-corrected chi connectivity index (χ2v) is 13.0. The highest BCUT2D eigenvalue weighted by atomic mass is 31.2. The monoisotopic (exact) mass is 428 g/mol. The zero-order valence-corrected chi connectivity index (χ0v) is 19.2. The Bertz CT molecular complexity index is 801. The molecule has 30 heavy (non-hydrogen) atoms. The maximum atomic E-state index is 15.5. The minimum Gasteiger partial charge on any atom is -0.489 e. The molecule has 0 radical (unpaired) electrons. The summed E-state index contributed by atoms with van der Waals surface area (Å²) in [5.41, 5.74) is 0.346. The van der Waals surface area contributed by atoms with Gasteiger partial charge < -0.3 is 14.0 Å². The van der Waals surface area contributed by atoms with Crippen molar-refractivity contribution < 1.29 is 14.0 Å². The van der Waals surface area contributed by atoms with Crippen molar-refractivity contribution in [3.63, 3.8) is 0 Å². The summed E-state index contributed by atoms with van der Waals surface area (Å²) in [6.07, 6.45) is 27.1. The number of hydrogen-bond donors (Lipinski definition) is 0. The van der Waals surface area contributed by atoms with E-state index in [0.29, 0.717) is 0 Å². The lowest BCUT2D eigenvalue weighted by atomic mass is 10.0. The van der Waals surface area contributed by atoms with Crippen LogP contribution >= 0.6 is 7.14 Å². The highest BCUT2D eigenvalue weighted by Gasteiger charge is 2.57. The molecule has 0 N–H and O–H groups in total.